The molecule has 2 heterocycles. The van der Waals surface area contributed by atoms with E-state index in [1.54, 1.807) is 21.6 Å². The van der Waals surface area contributed by atoms with Gasteiger partial charge in [-0.1, -0.05) is 12.1 Å². The highest BCUT2D eigenvalue weighted by Crippen LogP contribution is 2.34. The molecule has 0 fully saturated rings. The fraction of sp³-hybridized carbons (Fsp3) is 0.167. The van der Waals surface area contributed by atoms with Crippen molar-refractivity contribution in [3.63, 3.8) is 0 Å². The molecule has 0 aliphatic rings. The van der Waals surface area contributed by atoms with Crippen molar-refractivity contribution in [2.45, 2.75) is 23.9 Å². The standard InChI is InChI=1S/C12H12N2S2/c1-9-5-3-7-11(13-9)15-16-12-8-4-6-10(2)14-12/h3-8H,1-2H3. The van der Waals surface area contributed by atoms with E-state index in [0.29, 0.717) is 0 Å². The van der Waals surface area contributed by atoms with Crippen LogP contribution < -0.4 is 0 Å². The summed E-state index contributed by atoms with van der Waals surface area (Å²) >= 11 is 0. The molecule has 0 atom stereocenters. The predicted octanol–water partition coefficient (Wildman–Crippen LogP) is 3.89. The molecule has 16 heavy (non-hydrogen) atoms. The Morgan fingerprint density at radius 3 is 1.56 bits per heavy atom. The van der Waals surface area contributed by atoms with E-state index in [1.807, 2.05) is 50.2 Å². The number of hydrogen-bond acceptors (Lipinski definition) is 4. The lowest BCUT2D eigenvalue weighted by Gasteiger charge is -2.01. The Balaban J connectivity index is 2.02. The maximum absolute atomic E-state index is 4.43. The van der Waals surface area contributed by atoms with Crippen molar-refractivity contribution in [3.05, 3.63) is 47.8 Å². The zero-order valence-corrected chi connectivity index (χ0v) is 10.8. The zero-order chi connectivity index (χ0) is 11.4. The van der Waals surface area contributed by atoms with Crippen LogP contribution in [-0.2, 0) is 0 Å². The van der Waals surface area contributed by atoms with Crippen LogP contribution in [0.25, 0.3) is 0 Å². The van der Waals surface area contributed by atoms with Crippen LogP contribution in [0.5, 0.6) is 0 Å². The zero-order valence-electron chi connectivity index (χ0n) is 9.18. The van der Waals surface area contributed by atoms with E-state index in [1.165, 1.54) is 0 Å². The average molecular weight is 248 g/mol. The lowest BCUT2D eigenvalue weighted by Crippen LogP contribution is -1.83. The normalized spacial score (nSPS) is 10.4. The van der Waals surface area contributed by atoms with E-state index >= 15 is 0 Å². The maximum Gasteiger partial charge on any atom is 0.107 e. The highest BCUT2D eigenvalue weighted by molar-refractivity contribution is 8.76. The smallest absolute Gasteiger partial charge is 0.107 e. The lowest BCUT2D eigenvalue weighted by molar-refractivity contribution is 1.06. The Morgan fingerprint density at radius 2 is 1.19 bits per heavy atom. The van der Waals surface area contributed by atoms with E-state index in [-0.39, 0.29) is 0 Å². The van der Waals surface area contributed by atoms with Crippen LogP contribution in [0.2, 0.25) is 0 Å². The summed E-state index contributed by atoms with van der Waals surface area (Å²) in [6, 6.07) is 12.1. The average Bonchev–Trinajstić information content (AvgIpc) is 2.27. The summed E-state index contributed by atoms with van der Waals surface area (Å²) in [4.78, 5) is 8.85. The van der Waals surface area contributed by atoms with Crippen LogP contribution in [0.3, 0.4) is 0 Å². The summed E-state index contributed by atoms with van der Waals surface area (Å²) in [5, 5.41) is 2.04. The largest absolute Gasteiger partial charge is 0.246 e. The summed E-state index contributed by atoms with van der Waals surface area (Å²) in [7, 11) is 3.28. The van der Waals surface area contributed by atoms with Crippen LogP contribution >= 0.6 is 21.6 Å². The quantitative estimate of drug-likeness (QED) is 0.770. The molecule has 0 radical (unpaired) electrons. The van der Waals surface area contributed by atoms with Crippen molar-refractivity contribution < 1.29 is 0 Å². The lowest BCUT2D eigenvalue weighted by atomic mass is 10.4. The van der Waals surface area contributed by atoms with Gasteiger partial charge < -0.3 is 0 Å². The van der Waals surface area contributed by atoms with Crippen molar-refractivity contribution in [1.82, 2.24) is 9.97 Å². The Labute approximate surface area is 103 Å². The Morgan fingerprint density at radius 1 is 0.750 bits per heavy atom. The predicted molar refractivity (Wildman–Crippen MR) is 69.7 cm³/mol. The van der Waals surface area contributed by atoms with Crippen molar-refractivity contribution in [3.8, 4) is 0 Å². The number of aromatic nitrogens is 2. The molecule has 0 aromatic carbocycles. The minimum atomic E-state index is 1.02. The first-order chi connectivity index (χ1) is 7.74. The molecule has 2 rings (SSSR count). The molecule has 0 saturated heterocycles. The number of aryl methyl sites for hydroxylation is 2. The molecule has 0 amide bonds. The minimum absolute atomic E-state index is 1.02. The van der Waals surface area contributed by atoms with Gasteiger partial charge in [-0.15, -0.1) is 0 Å². The van der Waals surface area contributed by atoms with Gasteiger partial charge in [0, 0.05) is 11.4 Å². The number of pyridine rings is 2. The SMILES string of the molecule is Cc1cccc(SSc2cccc(C)n2)n1. The molecule has 0 unspecified atom stereocenters. The first kappa shape index (κ1) is 11.5. The van der Waals surface area contributed by atoms with E-state index in [9.17, 15) is 0 Å². The van der Waals surface area contributed by atoms with Crippen LogP contribution in [0.1, 0.15) is 11.4 Å². The molecule has 0 spiro atoms. The summed E-state index contributed by atoms with van der Waals surface area (Å²) in [5.41, 5.74) is 2.09. The summed E-state index contributed by atoms with van der Waals surface area (Å²) in [5.74, 6) is 0. The van der Waals surface area contributed by atoms with Gasteiger partial charge in [-0.25, -0.2) is 9.97 Å². The molecule has 82 valence electrons. The number of rotatable bonds is 3. The molecule has 2 aromatic heterocycles. The van der Waals surface area contributed by atoms with Crippen LogP contribution in [0.15, 0.2) is 46.5 Å². The summed E-state index contributed by atoms with van der Waals surface area (Å²) in [6.07, 6.45) is 0. The van der Waals surface area contributed by atoms with Crippen LogP contribution in [-0.4, -0.2) is 9.97 Å². The van der Waals surface area contributed by atoms with Gasteiger partial charge in [0.1, 0.15) is 10.1 Å². The highest BCUT2D eigenvalue weighted by atomic mass is 33.1. The maximum atomic E-state index is 4.43. The Bertz CT molecular complexity index is 440. The third-order valence-electron chi connectivity index (χ3n) is 1.94. The van der Waals surface area contributed by atoms with Crippen molar-refractivity contribution >= 4 is 21.6 Å². The van der Waals surface area contributed by atoms with Crippen LogP contribution in [0.4, 0.5) is 0 Å². The van der Waals surface area contributed by atoms with Gasteiger partial charge in [-0.05, 0) is 59.7 Å². The molecule has 4 heteroatoms. The third-order valence-corrected chi connectivity index (χ3v) is 4.09. The first-order valence-electron chi connectivity index (χ1n) is 4.96. The van der Waals surface area contributed by atoms with Gasteiger partial charge in [-0.2, -0.15) is 0 Å². The molecule has 0 saturated carbocycles. The Hall–Kier alpha value is -1.00. The Kier molecular flexibility index (Phi) is 3.85. The molecule has 0 aliphatic heterocycles. The highest BCUT2D eigenvalue weighted by Gasteiger charge is 2.00. The molecular weight excluding hydrogens is 236 g/mol. The van der Waals surface area contributed by atoms with Crippen molar-refractivity contribution in [1.29, 1.82) is 0 Å². The van der Waals surface area contributed by atoms with Gasteiger partial charge in [0.05, 0.1) is 0 Å². The molecule has 0 bridgehead atoms. The third kappa shape index (κ3) is 3.25. The monoisotopic (exact) mass is 248 g/mol. The summed E-state index contributed by atoms with van der Waals surface area (Å²) in [6.45, 7) is 4.00. The second kappa shape index (κ2) is 5.37. The van der Waals surface area contributed by atoms with Gasteiger partial charge in [0.15, 0.2) is 0 Å². The molecule has 2 nitrogen and oxygen atoms in total. The fourth-order valence-corrected chi connectivity index (χ4v) is 3.09. The van der Waals surface area contributed by atoms with Gasteiger partial charge in [-0.3, -0.25) is 0 Å². The van der Waals surface area contributed by atoms with Crippen LogP contribution in [0, 0.1) is 13.8 Å². The van der Waals surface area contributed by atoms with Gasteiger partial charge in [0.2, 0.25) is 0 Å². The molecular formula is C12H12N2S2. The van der Waals surface area contributed by atoms with E-state index in [0.717, 1.165) is 21.4 Å². The summed E-state index contributed by atoms with van der Waals surface area (Å²) < 4.78 is 0. The topological polar surface area (TPSA) is 25.8 Å². The second-order valence-corrected chi connectivity index (χ2v) is 5.57. The fourth-order valence-electron chi connectivity index (χ4n) is 1.21. The second-order valence-electron chi connectivity index (χ2n) is 3.40. The molecule has 0 N–H and O–H groups in total. The van der Waals surface area contributed by atoms with E-state index in [4.69, 9.17) is 0 Å². The van der Waals surface area contributed by atoms with E-state index in [2.05, 4.69) is 9.97 Å². The van der Waals surface area contributed by atoms with Gasteiger partial charge in [0.25, 0.3) is 0 Å². The van der Waals surface area contributed by atoms with Crippen molar-refractivity contribution in [2.75, 3.05) is 0 Å². The van der Waals surface area contributed by atoms with E-state index < -0.39 is 0 Å². The molecule has 0 aliphatic carbocycles. The molecule has 2 aromatic rings. The van der Waals surface area contributed by atoms with Crippen molar-refractivity contribution in [2.24, 2.45) is 0 Å². The number of nitrogens with zero attached hydrogens (tertiary/aromatic N) is 2. The first-order valence-corrected chi connectivity index (χ1v) is 7.11. The number of hydrogen-bond donors (Lipinski definition) is 0. The van der Waals surface area contributed by atoms with Gasteiger partial charge >= 0.3 is 0 Å². The minimum Gasteiger partial charge on any atom is -0.246 e.